The second-order valence-electron chi connectivity index (χ2n) is 10.7. The fourth-order valence-electron chi connectivity index (χ4n) is 4.17. The number of fused-ring (bicyclic) bond motifs is 1. The van der Waals surface area contributed by atoms with E-state index in [-0.39, 0.29) is 11.3 Å². The van der Waals surface area contributed by atoms with Gasteiger partial charge in [0.05, 0.1) is 4.90 Å². The summed E-state index contributed by atoms with van der Waals surface area (Å²) < 4.78 is 39.8. The molecule has 0 aliphatic carbocycles. The first-order chi connectivity index (χ1) is 18.7. The molecule has 0 radical (unpaired) electrons. The minimum atomic E-state index is -3.76. The molecule has 0 saturated carbocycles. The van der Waals surface area contributed by atoms with Crippen molar-refractivity contribution in [1.82, 2.24) is 19.0 Å². The van der Waals surface area contributed by atoms with Gasteiger partial charge in [-0.15, -0.1) is 0 Å². The molecule has 0 unspecified atom stereocenters. The second kappa shape index (κ2) is 12.9. The van der Waals surface area contributed by atoms with Crippen molar-refractivity contribution in [2.75, 3.05) is 68.5 Å². The van der Waals surface area contributed by atoms with Gasteiger partial charge in [-0.05, 0) is 76.9 Å². The van der Waals surface area contributed by atoms with Crippen molar-refractivity contribution in [3.05, 3.63) is 69.1 Å². The molecular formula is C29H40N4O6S. The zero-order chi connectivity index (χ0) is 29.8. The summed E-state index contributed by atoms with van der Waals surface area (Å²) in [5, 5.41) is 0.721. The summed E-state index contributed by atoms with van der Waals surface area (Å²) in [6.07, 6.45) is -0.325. The van der Waals surface area contributed by atoms with Crippen molar-refractivity contribution in [2.24, 2.45) is 0 Å². The Morgan fingerprint density at radius 3 is 2.10 bits per heavy atom. The maximum Gasteiger partial charge on any atom is 0.414 e. The van der Waals surface area contributed by atoms with Crippen molar-refractivity contribution in [1.29, 1.82) is 0 Å². The van der Waals surface area contributed by atoms with Crippen molar-refractivity contribution in [3.63, 3.8) is 0 Å². The standard InChI is InChI=1S/C29H40N4O6S/c1-20-16-24-21(2)25(28(34)38-27(24)19-26(20)39-29(35)32(7)8)18-22-10-9-11-23(17-22)40(36,37)33(14-12-30(3)4)15-13-31(5)6/h9-11,16-17,19H,12-15,18H2,1-8H3. The predicted molar refractivity (Wildman–Crippen MR) is 157 cm³/mol. The average molecular weight is 573 g/mol. The topological polar surface area (TPSA) is 104 Å². The molecule has 0 fully saturated rings. The summed E-state index contributed by atoms with van der Waals surface area (Å²) in [6, 6.07) is 10.1. The van der Waals surface area contributed by atoms with Gasteiger partial charge in [0.15, 0.2) is 0 Å². The van der Waals surface area contributed by atoms with E-state index in [0.717, 1.165) is 10.9 Å². The molecule has 3 rings (SSSR count). The summed E-state index contributed by atoms with van der Waals surface area (Å²) in [7, 11) is 7.05. The van der Waals surface area contributed by atoms with E-state index in [1.165, 1.54) is 9.21 Å². The summed E-state index contributed by atoms with van der Waals surface area (Å²) in [4.78, 5) is 30.5. The van der Waals surface area contributed by atoms with E-state index in [1.54, 1.807) is 44.4 Å². The maximum atomic E-state index is 13.6. The van der Waals surface area contributed by atoms with Crippen LogP contribution in [0.25, 0.3) is 11.0 Å². The van der Waals surface area contributed by atoms with Gasteiger partial charge in [0.1, 0.15) is 11.3 Å². The summed E-state index contributed by atoms with van der Waals surface area (Å²) >= 11 is 0. The lowest BCUT2D eigenvalue weighted by Crippen LogP contribution is -2.40. The smallest absolute Gasteiger partial charge is 0.414 e. The Morgan fingerprint density at radius 2 is 1.52 bits per heavy atom. The Hall–Kier alpha value is -3.25. The van der Waals surface area contributed by atoms with Gasteiger partial charge in [-0.3, -0.25) is 0 Å². The number of nitrogens with zero attached hydrogens (tertiary/aromatic N) is 4. The molecule has 1 aromatic heterocycles. The van der Waals surface area contributed by atoms with Gasteiger partial charge in [0, 0.05) is 63.7 Å². The molecule has 1 amide bonds. The number of likely N-dealkylation sites (N-methyl/N-ethyl adjacent to an activating group) is 2. The molecule has 0 atom stereocenters. The lowest BCUT2D eigenvalue weighted by molar-refractivity contribution is 0.171. The molecular weight excluding hydrogens is 532 g/mol. The van der Waals surface area contributed by atoms with Crippen LogP contribution in [0.5, 0.6) is 5.75 Å². The number of carbonyl (C=O) groups excluding carboxylic acids is 1. The van der Waals surface area contributed by atoms with E-state index < -0.39 is 21.7 Å². The van der Waals surface area contributed by atoms with Gasteiger partial charge in [0.2, 0.25) is 10.0 Å². The quantitative estimate of drug-likeness (QED) is 0.323. The number of hydrogen-bond acceptors (Lipinski definition) is 8. The molecule has 0 saturated heterocycles. The van der Waals surface area contributed by atoms with E-state index in [0.29, 0.717) is 54.2 Å². The highest BCUT2D eigenvalue weighted by molar-refractivity contribution is 7.89. The Balaban J connectivity index is 1.96. The minimum absolute atomic E-state index is 0.188. The Labute approximate surface area is 236 Å². The van der Waals surface area contributed by atoms with Gasteiger partial charge in [0.25, 0.3) is 0 Å². The Bertz CT molecular complexity index is 1520. The van der Waals surface area contributed by atoms with E-state index in [2.05, 4.69) is 0 Å². The first-order valence-electron chi connectivity index (χ1n) is 13.0. The number of rotatable bonds is 11. The molecule has 11 heteroatoms. The number of ether oxygens (including phenoxy) is 1. The monoisotopic (exact) mass is 572 g/mol. The van der Waals surface area contributed by atoms with Crippen LogP contribution in [0.3, 0.4) is 0 Å². The highest BCUT2D eigenvalue weighted by Crippen LogP contribution is 2.29. The van der Waals surface area contributed by atoms with Crippen molar-refractivity contribution in [3.8, 4) is 5.75 Å². The van der Waals surface area contributed by atoms with Gasteiger partial charge < -0.3 is 23.9 Å². The van der Waals surface area contributed by atoms with Crippen LogP contribution < -0.4 is 10.4 Å². The molecule has 0 N–H and O–H groups in total. The lowest BCUT2D eigenvalue weighted by Gasteiger charge is -2.25. The summed E-state index contributed by atoms with van der Waals surface area (Å²) in [5.74, 6) is 0.312. The van der Waals surface area contributed by atoms with Crippen LogP contribution in [0.1, 0.15) is 22.3 Å². The first kappa shape index (κ1) is 31.3. The zero-order valence-corrected chi connectivity index (χ0v) is 25.5. The zero-order valence-electron chi connectivity index (χ0n) is 24.6. The average Bonchev–Trinajstić information content (AvgIpc) is 2.87. The largest absolute Gasteiger partial charge is 0.422 e. The third-order valence-corrected chi connectivity index (χ3v) is 8.55. The fourth-order valence-corrected chi connectivity index (χ4v) is 5.66. The number of benzene rings is 2. The lowest BCUT2D eigenvalue weighted by atomic mass is 9.98. The Morgan fingerprint density at radius 1 is 0.900 bits per heavy atom. The van der Waals surface area contributed by atoms with Crippen LogP contribution in [0.2, 0.25) is 0 Å². The highest BCUT2D eigenvalue weighted by atomic mass is 32.2. The van der Waals surface area contributed by atoms with Crippen LogP contribution in [0.15, 0.2) is 50.5 Å². The first-order valence-corrected chi connectivity index (χ1v) is 14.5. The van der Waals surface area contributed by atoms with Crippen molar-refractivity contribution in [2.45, 2.75) is 25.2 Å². The van der Waals surface area contributed by atoms with Crippen LogP contribution >= 0.6 is 0 Å². The van der Waals surface area contributed by atoms with E-state index in [4.69, 9.17) is 9.15 Å². The van der Waals surface area contributed by atoms with Crippen LogP contribution in [-0.2, 0) is 16.4 Å². The van der Waals surface area contributed by atoms with Crippen molar-refractivity contribution < 1.29 is 22.4 Å². The number of hydrogen-bond donors (Lipinski definition) is 0. The molecule has 1 heterocycles. The number of sulfonamides is 1. The third kappa shape index (κ3) is 7.48. The number of carbonyl (C=O) groups is 1. The molecule has 0 bridgehead atoms. The maximum absolute atomic E-state index is 13.6. The van der Waals surface area contributed by atoms with Gasteiger partial charge >= 0.3 is 11.7 Å². The normalized spacial score (nSPS) is 12.1. The van der Waals surface area contributed by atoms with Crippen LogP contribution in [0, 0.1) is 13.8 Å². The second-order valence-corrected chi connectivity index (χ2v) is 12.6. The molecule has 0 aliphatic heterocycles. The van der Waals surface area contributed by atoms with Gasteiger partial charge in [-0.25, -0.2) is 18.0 Å². The van der Waals surface area contributed by atoms with E-state index in [9.17, 15) is 18.0 Å². The molecule has 10 nitrogen and oxygen atoms in total. The number of aryl methyl sites for hydroxylation is 2. The third-order valence-electron chi connectivity index (χ3n) is 6.66. The number of amides is 1. The van der Waals surface area contributed by atoms with Crippen LogP contribution in [0.4, 0.5) is 4.79 Å². The highest BCUT2D eigenvalue weighted by Gasteiger charge is 2.25. The molecule has 0 aliphatic rings. The molecule has 0 spiro atoms. The minimum Gasteiger partial charge on any atom is -0.422 e. The van der Waals surface area contributed by atoms with Crippen LogP contribution in [-0.4, -0.2) is 102 Å². The molecule has 2 aromatic carbocycles. The fraction of sp³-hybridized carbons (Fsp3) is 0.448. The predicted octanol–water partition coefficient (Wildman–Crippen LogP) is 3.17. The van der Waals surface area contributed by atoms with E-state index in [1.807, 2.05) is 57.9 Å². The molecule has 3 aromatic rings. The van der Waals surface area contributed by atoms with E-state index >= 15 is 0 Å². The molecule has 40 heavy (non-hydrogen) atoms. The Kier molecular flexibility index (Phi) is 10.1. The van der Waals surface area contributed by atoms with Crippen molar-refractivity contribution >= 4 is 27.1 Å². The SMILES string of the molecule is Cc1cc2c(C)c(Cc3cccc(S(=O)(=O)N(CCN(C)C)CCN(C)C)c3)c(=O)oc2cc1OC(=O)N(C)C. The molecule has 218 valence electrons. The summed E-state index contributed by atoms with van der Waals surface area (Å²) in [6.45, 7) is 5.58. The summed E-state index contributed by atoms with van der Waals surface area (Å²) in [5.41, 5.74) is 2.36. The van der Waals surface area contributed by atoms with Gasteiger partial charge in [-0.1, -0.05) is 12.1 Å². The van der Waals surface area contributed by atoms with Gasteiger partial charge in [-0.2, -0.15) is 4.31 Å².